The van der Waals surface area contributed by atoms with Crippen LogP contribution in [0.3, 0.4) is 0 Å². The van der Waals surface area contributed by atoms with Gasteiger partial charge in [-0.05, 0) is 54.8 Å². The van der Waals surface area contributed by atoms with Crippen LogP contribution in [0, 0.1) is 13.8 Å². The maximum absolute atomic E-state index is 6.22. The molecule has 0 fully saturated rings. The molecule has 0 bridgehead atoms. The first kappa shape index (κ1) is 17.4. The van der Waals surface area contributed by atoms with Gasteiger partial charge in [-0.3, -0.25) is 4.98 Å². The summed E-state index contributed by atoms with van der Waals surface area (Å²) >= 11 is 1.83. The highest BCUT2D eigenvalue weighted by Crippen LogP contribution is 2.40. The summed E-state index contributed by atoms with van der Waals surface area (Å²) in [6.45, 7) is 4.36. The lowest BCUT2D eigenvalue weighted by Crippen LogP contribution is -1.84. The Kier molecular flexibility index (Phi) is 3.80. The molecule has 0 aliphatic carbocycles. The maximum atomic E-state index is 6.22. The molecule has 2 nitrogen and oxygen atoms in total. The molecule has 0 aliphatic rings. The molecule has 6 rings (SSSR count). The van der Waals surface area contributed by atoms with E-state index in [1.165, 1.54) is 31.7 Å². The van der Waals surface area contributed by atoms with Crippen LogP contribution in [0.25, 0.3) is 53.7 Å². The van der Waals surface area contributed by atoms with Crippen molar-refractivity contribution in [3.8, 4) is 21.7 Å². The summed E-state index contributed by atoms with van der Waals surface area (Å²) in [6, 6.07) is 25.4. The van der Waals surface area contributed by atoms with Gasteiger partial charge in [-0.1, -0.05) is 48.5 Å². The fraction of sp³-hybridized carbons (Fsp3) is 0.0741. The Labute approximate surface area is 178 Å². The van der Waals surface area contributed by atoms with Crippen LogP contribution in [0.4, 0.5) is 0 Å². The normalized spacial score (nSPS) is 11.7. The van der Waals surface area contributed by atoms with Gasteiger partial charge in [0.15, 0.2) is 0 Å². The highest BCUT2D eigenvalue weighted by Gasteiger charge is 2.15. The molecular formula is C27H19NOS. The predicted molar refractivity (Wildman–Crippen MR) is 127 cm³/mol. The highest BCUT2D eigenvalue weighted by atomic mass is 32.1. The van der Waals surface area contributed by atoms with Crippen LogP contribution in [0.1, 0.15) is 11.1 Å². The van der Waals surface area contributed by atoms with E-state index in [2.05, 4.69) is 74.5 Å². The van der Waals surface area contributed by atoms with Crippen molar-refractivity contribution >= 4 is 43.4 Å². The molecular weight excluding hydrogens is 386 g/mol. The van der Waals surface area contributed by atoms with Crippen molar-refractivity contribution in [2.75, 3.05) is 0 Å². The Morgan fingerprint density at radius 2 is 1.57 bits per heavy atom. The monoisotopic (exact) mass is 405 g/mol. The smallest absolute Gasteiger partial charge is 0.144 e. The number of aryl methyl sites for hydroxylation is 2. The highest BCUT2D eigenvalue weighted by molar-refractivity contribution is 7.22. The largest absolute Gasteiger partial charge is 0.455 e. The quantitative estimate of drug-likeness (QED) is 0.290. The van der Waals surface area contributed by atoms with Crippen molar-refractivity contribution in [3.05, 3.63) is 90.1 Å². The van der Waals surface area contributed by atoms with Crippen LogP contribution in [-0.2, 0) is 0 Å². The summed E-state index contributed by atoms with van der Waals surface area (Å²) in [6.07, 6.45) is 1.99. The number of thiophene rings is 1. The summed E-state index contributed by atoms with van der Waals surface area (Å²) < 4.78 is 7.46. The van der Waals surface area contributed by atoms with E-state index in [0.717, 1.165) is 33.2 Å². The van der Waals surface area contributed by atoms with E-state index in [-0.39, 0.29) is 0 Å². The third kappa shape index (κ3) is 2.59. The molecule has 3 aromatic heterocycles. The minimum Gasteiger partial charge on any atom is -0.455 e. The molecule has 3 heterocycles. The first-order chi connectivity index (χ1) is 14.7. The Hall–Kier alpha value is -3.43. The fourth-order valence-corrected chi connectivity index (χ4v) is 5.60. The Balaban J connectivity index is 1.54. The number of hydrogen-bond donors (Lipinski definition) is 0. The number of rotatable bonds is 2. The van der Waals surface area contributed by atoms with Gasteiger partial charge in [-0.15, -0.1) is 11.3 Å². The number of aromatic nitrogens is 1. The summed E-state index contributed by atoms with van der Waals surface area (Å²) in [4.78, 5) is 6.09. The summed E-state index contributed by atoms with van der Waals surface area (Å²) in [5.74, 6) is 0. The van der Waals surface area contributed by atoms with Gasteiger partial charge < -0.3 is 4.42 Å². The predicted octanol–water partition coefficient (Wildman–Crippen LogP) is 8.15. The molecule has 0 saturated carbocycles. The van der Waals surface area contributed by atoms with Gasteiger partial charge in [0.2, 0.25) is 0 Å². The molecule has 0 unspecified atom stereocenters. The van der Waals surface area contributed by atoms with Gasteiger partial charge >= 0.3 is 0 Å². The zero-order valence-electron chi connectivity index (χ0n) is 16.8. The van der Waals surface area contributed by atoms with E-state index < -0.39 is 0 Å². The zero-order chi connectivity index (χ0) is 20.2. The minimum atomic E-state index is 0.900. The maximum Gasteiger partial charge on any atom is 0.144 e. The van der Waals surface area contributed by atoms with E-state index >= 15 is 0 Å². The van der Waals surface area contributed by atoms with Crippen molar-refractivity contribution in [1.29, 1.82) is 0 Å². The number of nitrogens with zero attached hydrogens (tertiary/aromatic N) is 1. The Bertz CT molecular complexity index is 1550. The number of fused-ring (bicyclic) bond motifs is 4. The molecule has 30 heavy (non-hydrogen) atoms. The third-order valence-electron chi connectivity index (χ3n) is 5.81. The number of furan rings is 1. The van der Waals surface area contributed by atoms with Gasteiger partial charge in [0.05, 0.1) is 5.69 Å². The molecule has 3 aromatic carbocycles. The summed E-state index contributed by atoms with van der Waals surface area (Å²) in [7, 11) is 0. The fourth-order valence-electron chi connectivity index (χ4n) is 4.36. The summed E-state index contributed by atoms with van der Waals surface area (Å²) in [5.41, 5.74) is 7.74. The van der Waals surface area contributed by atoms with Crippen LogP contribution in [-0.4, -0.2) is 4.98 Å². The van der Waals surface area contributed by atoms with Crippen molar-refractivity contribution in [2.45, 2.75) is 13.8 Å². The van der Waals surface area contributed by atoms with E-state index in [4.69, 9.17) is 9.40 Å². The topological polar surface area (TPSA) is 26.0 Å². The second-order valence-corrected chi connectivity index (χ2v) is 8.85. The lowest BCUT2D eigenvalue weighted by atomic mass is 10.0. The molecule has 0 aliphatic heterocycles. The lowest BCUT2D eigenvalue weighted by Gasteiger charge is -2.06. The summed E-state index contributed by atoms with van der Waals surface area (Å²) in [5, 5.41) is 3.45. The van der Waals surface area contributed by atoms with Crippen molar-refractivity contribution < 1.29 is 4.42 Å². The first-order valence-corrected chi connectivity index (χ1v) is 10.9. The molecule has 6 aromatic rings. The average Bonchev–Trinajstić information content (AvgIpc) is 3.34. The second kappa shape index (κ2) is 6.54. The van der Waals surface area contributed by atoms with Crippen LogP contribution < -0.4 is 0 Å². The second-order valence-electron chi connectivity index (χ2n) is 7.77. The van der Waals surface area contributed by atoms with Crippen LogP contribution >= 0.6 is 11.3 Å². The van der Waals surface area contributed by atoms with Crippen LogP contribution in [0.15, 0.2) is 83.4 Å². The van der Waals surface area contributed by atoms with Gasteiger partial charge in [0.1, 0.15) is 11.2 Å². The zero-order valence-corrected chi connectivity index (χ0v) is 17.6. The van der Waals surface area contributed by atoms with E-state index in [0.29, 0.717) is 0 Å². The average molecular weight is 406 g/mol. The number of pyridine rings is 1. The van der Waals surface area contributed by atoms with Gasteiger partial charge in [0.25, 0.3) is 0 Å². The number of benzene rings is 3. The molecule has 0 spiro atoms. The van der Waals surface area contributed by atoms with Crippen molar-refractivity contribution in [2.24, 2.45) is 0 Å². The number of hydrogen-bond acceptors (Lipinski definition) is 3. The Morgan fingerprint density at radius 3 is 2.43 bits per heavy atom. The Morgan fingerprint density at radius 1 is 0.800 bits per heavy atom. The molecule has 0 radical (unpaired) electrons. The van der Waals surface area contributed by atoms with Crippen molar-refractivity contribution in [1.82, 2.24) is 4.98 Å². The SMILES string of the molecule is Cc1cccc(C)c1-c1cc2cnc(-c3cccc4c3oc3ccccc34)cc2s1. The van der Waals surface area contributed by atoms with Crippen LogP contribution in [0.5, 0.6) is 0 Å². The van der Waals surface area contributed by atoms with E-state index in [9.17, 15) is 0 Å². The minimum absolute atomic E-state index is 0.900. The van der Waals surface area contributed by atoms with Gasteiger partial charge in [0, 0.05) is 37.5 Å². The van der Waals surface area contributed by atoms with Crippen molar-refractivity contribution in [3.63, 3.8) is 0 Å². The van der Waals surface area contributed by atoms with E-state index in [1.54, 1.807) is 0 Å². The lowest BCUT2D eigenvalue weighted by molar-refractivity contribution is 0.670. The van der Waals surface area contributed by atoms with E-state index in [1.807, 2.05) is 29.7 Å². The standard InChI is InChI=1S/C27H19NOS/c1-16-7-5-8-17(2)26(16)25-13-18-15-28-22(14-24(18)30-25)21-11-6-10-20-19-9-3-4-12-23(19)29-27(20)21/h3-15H,1-2H3. The van der Waals surface area contributed by atoms with Gasteiger partial charge in [-0.25, -0.2) is 0 Å². The molecule has 0 atom stereocenters. The van der Waals surface area contributed by atoms with Crippen LogP contribution in [0.2, 0.25) is 0 Å². The van der Waals surface area contributed by atoms with Gasteiger partial charge in [-0.2, -0.15) is 0 Å². The molecule has 0 N–H and O–H groups in total. The number of para-hydroxylation sites is 2. The molecule has 3 heteroatoms. The molecule has 0 amide bonds. The molecule has 144 valence electrons. The third-order valence-corrected chi connectivity index (χ3v) is 6.92. The molecule has 0 saturated heterocycles. The first-order valence-electron chi connectivity index (χ1n) is 10.1.